The van der Waals surface area contributed by atoms with E-state index in [1.807, 2.05) is 70.3 Å². The molecule has 2 atom stereocenters. The van der Waals surface area contributed by atoms with E-state index < -0.39 is 72.2 Å². The first-order valence-electron chi connectivity index (χ1n) is 21.0. The molecule has 0 aliphatic heterocycles. The number of aromatic nitrogens is 6. The van der Waals surface area contributed by atoms with Gasteiger partial charge in [0.2, 0.25) is 21.1 Å². The Kier molecular flexibility index (Phi) is 16.4. The van der Waals surface area contributed by atoms with Gasteiger partial charge in [0.25, 0.3) is 20.0 Å². The highest BCUT2D eigenvalue weighted by atomic mass is 32.3. The maximum Gasteiger partial charge on any atom is 0.701 e. The van der Waals surface area contributed by atoms with Crippen molar-refractivity contribution in [3.8, 4) is 44.8 Å². The van der Waals surface area contributed by atoms with Crippen LogP contribution in [0.3, 0.4) is 0 Å². The molecule has 19 nitrogen and oxygen atoms in total. The molecule has 0 amide bonds. The number of nitrogens with zero attached hydrogens (tertiary/aromatic N) is 8. The number of hydrogen-bond donors (Lipinski definition) is 2. The quantitative estimate of drug-likeness (QED) is 0.0401. The summed E-state index contributed by atoms with van der Waals surface area (Å²) in [6.07, 6.45) is 3.51. The monoisotopic (exact) mass is 1070 g/mol. The summed E-state index contributed by atoms with van der Waals surface area (Å²) in [6.45, 7) is 1.95. The summed E-state index contributed by atoms with van der Waals surface area (Å²) in [5.74, 6) is -1.10. The molecule has 2 unspecified atom stereocenters. The van der Waals surface area contributed by atoms with E-state index in [9.17, 15) is 31.9 Å². The molecule has 0 spiro atoms. The highest BCUT2D eigenvalue weighted by Crippen LogP contribution is 2.39. The molecule has 0 bridgehead atoms. The van der Waals surface area contributed by atoms with Gasteiger partial charge in [-0.25, -0.2) is 34.8 Å². The third-order valence-electron chi connectivity index (χ3n) is 10.0. The van der Waals surface area contributed by atoms with Crippen LogP contribution in [0, 0.1) is 34.3 Å². The first-order chi connectivity index (χ1) is 34.8. The maximum absolute atomic E-state index is 15.0. The zero-order valence-corrected chi connectivity index (χ0v) is 41.1. The first-order valence-corrected chi connectivity index (χ1v) is 26.7. The maximum atomic E-state index is 15.0. The van der Waals surface area contributed by atoms with E-state index in [-0.39, 0.29) is 21.1 Å². The van der Waals surface area contributed by atoms with Gasteiger partial charge < -0.3 is 9.47 Å². The smallest absolute Gasteiger partial charge is 0.487 e. The molecule has 0 aliphatic rings. The average molecular weight is 1070 g/mol. The van der Waals surface area contributed by atoms with Crippen LogP contribution in [0.4, 0.5) is 8.78 Å². The Morgan fingerprint density at radius 1 is 0.583 bits per heavy atom. The van der Waals surface area contributed by atoms with Crippen molar-refractivity contribution in [2.24, 2.45) is 0 Å². The van der Waals surface area contributed by atoms with Crippen LogP contribution in [0.1, 0.15) is 34.7 Å². The van der Waals surface area contributed by atoms with Crippen LogP contribution in [-0.4, -0.2) is 50.4 Å². The SMILES string of the molecule is N#Cc1ccc(C(NS(=O)(=O)c2nnc(-c3ccc(OCC[n+]4ccccc4)cc3)s2)O[P+](=O)OC(NS(=O)(=O)c2nnc(-c3ccc(OCC[n+]4ccccc4)cc3)s2)c2ccc(C#N)c(F)c2)cc1F. The van der Waals surface area contributed by atoms with Crippen molar-refractivity contribution in [3.63, 3.8) is 0 Å². The van der Waals surface area contributed by atoms with Crippen molar-refractivity contribution < 1.29 is 57.8 Å². The van der Waals surface area contributed by atoms with Crippen LogP contribution in [0.2, 0.25) is 0 Å². The molecule has 4 aromatic carbocycles. The zero-order valence-electron chi connectivity index (χ0n) is 36.9. The summed E-state index contributed by atoms with van der Waals surface area (Å²) >= 11 is 1.31. The van der Waals surface area contributed by atoms with Gasteiger partial charge in [-0.05, 0) is 72.8 Å². The number of sulfonamides is 2. The number of ether oxygens (including phenoxy) is 2. The Morgan fingerprint density at radius 2 is 0.972 bits per heavy atom. The number of benzene rings is 4. The minimum atomic E-state index is -4.75. The normalized spacial score (nSPS) is 12.6. The van der Waals surface area contributed by atoms with Gasteiger partial charge in [0.1, 0.15) is 58.5 Å². The van der Waals surface area contributed by atoms with E-state index in [0.717, 1.165) is 36.4 Å². The van der Waals surface area contributed by atoms with Gasteiger partial charge in [0, 0.05) is 51.1 Å². The van der Waals surface area contributed by atoms with E-state index in [4.69, 9.17) is 18.5 Å². The van der Waals surface area contributed by atoms with E-state index in [2.05, 4.69) is 29.8 Å². The first kappa shape index (κ1) is 51.0. The second-order valence-corrected chi connectivity index (χ2v) is 21.5. The fraction of sp³-hybridized carbons (Fsp3) is 0.130. The zero-order chi connectivity index (χ0) is 50.7. The van der Waals surface area contributed by atoms with Crippen molar-refractivity contribution >= 4 is 51.0 Å². The molecule has 0 radical (unpaired) electrons. The van der Waals surface area contributed by atoms with Crippen LogP contribution in [0.15, 0.2) is 155 Å². The summed E-state index contributed by atoms with van der Waals surface area (Å²) in [5, 5.41) is 34.7. The van der Waals surface area contributed by atoms with Gasteiger partial charge in [-0.15, -0.1) is 20.4 Å². The Morgan fingerprint density at radius 3 is 1.33 bits per heavy atom. The molecule has 4 aromatic heterocycles. The fourth-order valence-corrected chi connectivity index (χ4v) is 11.5. The van der Waals surface area contributed by atoms with E-state index in [1.165, 1.54) is 0 Å². The van der Waals surface area contributed by atoms with Gasteiger partial charge in [-0.2, -0.15) is 20.0 Å². The lowest BCUT2D eigenvalue weighted by atomic mass is 10.1. The molecular formula is C46H36F2N10O9PS4+3. The van der Waals surface area contributed by atoms with Crippen LogP contribution >= 0.6 is 30.9 Å². The second-order valence-electron chi connectivity index (χ2n) is 14.9. The van der Waals surface area contributed by atoms with Crippen LogP contribution in [-0.2, 0) is 46.7 Å². The molecule has 2 N–H and O–H groups in total. The second kappa shape index (κ2) is 23.2. The third-order valence-corrected chi connectivity index (χ3v) is 16.3. The lowest BCUT2D eigenvalue weighted by Crippen LogP contribution is -2.35. The largest absolute Gasteiger partial charge is 0.701 e. The number of hydrogen-bond acceptors (Lipinski definition) is 17. The molecule has 0 aliphatic carbocycles. The van der Waals surface area contributed by atoms with Gasteiger partial charge in [-0.1, -0.05) is 56.0 Å². The highest BCUT2D eigenvalue weighted by Gasteiger charge is 2.39. The molecular weight excluding hydrogens is 1030 g/mol. The molecule has 4 heterocycles. The lowest BCUT2D eigenvalue weighted by Gasteiger charge is -2.15. The number of nitriles is 2. The topological polar surface area (TPSA) is 253 Å². The predicted octanol–water partition coefficient (Wildman–Crippen LogP) is 6.82. The van der Waals surface area contributed by atoms with Gasteiger partial charge in [0.15, 0.2) is 37.9 Å². The van der Waals surface area contributed by atoms with Crippen molar-refractivity contribution in [1.82, 2.24) is 29.8 Å². The summed E-state index contributed by atoms with van der Waals surface area (Å²) in [6, 6.07) is 33.7. The van der Waals surface area contributed by atoms with Gasteiger partial charge in [0.05, 0.1) is 11.1 Å². The molecule has 364 valence electrons. The molecule has 0 saturated carbocycles. The van der Waals surface area contributed by atoms with Crippen molar-refractivity contribution in [3.05, 3.63) is 180 Å². The van der Waals surface area contributed by atoms with Crippen molar-refractivity contribution in [1.29, 1.82) is 10.5 Å². The highest BCUT2D eigenvalue weighted by molar-refractivity contribution is 7.91. The molecule has 72 heavy (non-hydrogen) atoms. The molecule has 8 rings (SSSR count). The number of nitrogens with one attached hydrogen (secondary N) is 2. The number of rotatable bonds is 22. The van der Waals surface area contributed by atoms with Crippen LogP contribution in [0.5, 0.6) is 11.5 Å². The minimum Gasteiger partial charge on any atom is -0.487 e. The molecule has 0 fully saturated rings. The lowest BCUT2D eigenvalue weighted by molar-refractivity contribution is -0.697. The standard InChI is InChI=1S/C46H36F2N10O9PS4/c47-39-27-33(7-9-35(39)29-49)41(55-71(60,61)45-53-51-43(69-45)31-11-15-37(16-12-31)64-25-23-57-19-3-1-4-20-57)66-68(59)67-42(34-8-10-36(30-50)40(48)28-34)56-72(62,63)46-54-52-44(70-46)32-13-17-38(18-14-32)65-26-24-58-21-5-2-6-22-58/h1-22,27-28,41-42,55-56H,23-26H2/q+3. The Hall–Kier alpha value is -7.42. The minimum absolute atomic E-state index is 0.183. The molecule has 26 heteroatoms. The Balaban J connectivity index is 0.984. The van der Waals surface area contributed by atoms with Crippen LogP contribution < -0.4 is 28.1 Å². The van der Waals surface area contributed by atoms with E-state index in [1.54, 1.807) is 60.7 Å². The van der Waals surface area contributed by atoms with Crippen molar-refractivity contribution in [2.45, 2.75) is 34.2 Å². The van der Waals surface area contributed by atoms with Gasteiger partial charge in [-0.3, -0.25) is 0 Å². The fourth-order valence-electron chi connectivity index (χ4n) is 6.41. The Bertz CT molecular complexity index is 3280. The summed E-state index contributed by atoms with van der Waals surface area (Å²) in [4.78, 5) is 0. The van der Waals surface area contributed by atoms with Crippen molar-refractivity contribution in [2.75, 3.05) is 13.2 Å². The number of pyridine rings is 2. The number of halogens is 2. The summed E-state index contributed by atoms with van der Waals surface area (Å²) in [7, 11) is -13.2. The third kappa shape index (κ3) is 13.1. The van der Waals surface area contributed by atoms with E-state index in [0.29, 0.717) is 71.6 Å². The average Bonchev–Trinajstić information content (AvgIpc) is 4.10. The summed E-state index contributed by atoms with van der Waals surface area (Å²) < 4.78 is 129. The Labute approximate surface area is 419 Å². The molecule has 8 aromatic rings. The summed E-state index contributed by atoms with van der Waals surface area (Å²) in [5.41, 5.74) is -0.494. The van der Waals surface area contributed by atoms with Crippen LogP contribution in [0.25, 0.3) is 21.1 Å². The predicted molar refractivity (Wildman–Crippen MR) is 253 cm³/mol. The van der Waals surface area contributed by atoms with E-state index >= 15 is 8.78 Å². The molecule has 0 saturated heterocycles. The van der Waals surface area contributed by atoms with Gasteiger partial charge >= 0.3 is 8.25 Å².